The topological polar surface area (TPSA) is 68.7 Å². The monoisotopic (exact) mass is 431 g/mol. The average molecular weight is 431 g/mol. The van der Waals surface area contributed by atoms with Crippen molar-refractivity contribution < 1.29 is 14.3 Å². The lowest BCUT2D eigenvalue weighted by Gasteiger charge is -2.40. The predicted octanol–water partition coefficient (Wildman–Crippen LogP) is 3.15. The first kappa shape index (κ1) is 20.1. The molecule has 1 fully saturated rings. The van der Waals surface area contributed by atoms with Crippen LogP contribution in [0, 0.1) is 6.92 Å². The van der Waals surface area contributed by atoms with E-state index in [1.54, 1.807) is 19.1 Å². The molecule has 2 aromatic carbocycles. The standard InChI is InChI=1S/C24H25N5O3/c1-15-6-5-7-17(12-15)14-28-22(30)20-21(26(3)24(28)31)25-23-27(20)13-16(2)29(23)18-8-10-19(32-4)11-9-18/h5-13,20-21H,14H2,1-4H3. The average Bonchev–Trinajstić information content (AvgIpc) is 3.30. The van der Waals surface area contributed by atoms with E-state index in [0.29, 0.717) is 5.96 Å². The Morgan fingerprint density at radius 1 is 1.06 bits per heavy atom. The molecular formula is C24H25N5O3. The Bertz CT molecular complexity index is 1160. The van der Waals surface area contributed by atoms with Gasteiger partial charge in [-0.05, 0) is 43.7 Å². The van der Waals surface area contributed by atoms with E-state index in [4.69, 9.17) is 9.73 Å². The summed E-state index contributed by atoms with van der Waals surface area (Å²) < 4.78 is 5.26. The number of carbonyl (C=O) groups is 2. The zero-order valence-electron chi connectivity index (χ0n) is 18.5. The van der Waals surface area contributed by atoms with Crippen molar-refractivity contribution in [1.82, 2.24) is 14.7 Å². The number of aliphatic imine (C=N–C) groups is 1. The van der Waals surface area contributed by atoms with E-state index < -0.39 is 12.2 Å². The number of urea groups is 1. The minimum Gasteiger partial charge on any atom is -0.497 e. The second-order valence-corrected chi connectivity index (χ2v) is 8.31. The molecule has 32 heavy (non-hydrogen) atoms. The summed E-state index contributed by atoms with van der Waals surface area (Å²) in [4.78, 5) is 38.2. The highest BCUT2D eigenvalue weighted by Gasteiger charge is 2.54. The first-order chi connectivity index (χ1) is 15.4. The van der Waals surface area contributed by atoms with Crippen LogP contribution in [0.4, 0.5) is 10.5 Å². The third-order valence-electron chi connectivity index (χ3n) is 6.14. The van der Waals surface area contributed by atoms with Gasteiger partial charge in [0, 0.05) is 24.6 Å². The van der Waals surface area contributed by atoms with Crippen LogP contribution in [0.15, 0.2) is 65.4 Å². The molecule has 0 spiro atoms. The number of rotatable bonds is 4. The van der Waals surface area contributed by atoms with Crippen molar-refractivity contribution in [3.05, 3.63) is 71.6 Å². The molecular weight excluding hydrogens is 406 g/mol. The van der Waals surface area contributed by atoms with Crippen LogP contribution in [0.3, 0.4) is 0 Å². The van der Waals surface area contributed by atoms with E-state index in [9.17, 15) is 9.59 Å². The Morgan fingerprint density at radius 2 is 1.81 bits per heavy atom. The molecule has 0 bridgehead atoms. The van der Waals surface area contributed by atoms with Crippen molar-refractivity contribution in [2.45, 2.75) is 32.6 Å². The molecule has 3 aliphatic heterocycles. The zero-order chi connectivity index (χ0) is 22.6. The summed E-state index contributed by atoms with van der Waals surface area (Å²) in [7, 11) is 3.33. The molecule has 164 valence electrons. The molecule has 3 aliphatic rings. The molecule has 0 saturated carbocycles. The number of anilines is 1. The molecule has 2 aromatic rings. The van der Waals surface area contributed by atoms with Gasteiger partial charge in [0.2, 0.25) is 5.96 Å². The van der Waals surface area contributed by atoms with Crippen LogP contribution < -0.4 is 9.64 Å². The number of ether oxygens (including phenoxy) is 1. The van der Waals surface area contributed by atoms with Crippen LogP contribution in [0.1, 0.15) is 18.1 Å². The number of hydrogen-bond acceptors (Lipinski definition) is 6. The fourth-order valence-corrected chi connectivity index (χ4v) is 4.54. The van der Waals surface area contributed by atoms with Crippen LogP contribution in [-0.4, -0.2) is 59.0 Å². The van der Waals surface area contributed by atoms with Crippen LogP contribution in [0.25, 0.3) is 0 Å². The molecule has 3 heterocycles. The number of imide groups is 1. The van der Waals surface area contributed by atoms with Crippen LogP contribution in [-0.2, 0) is 11.3 Å². The van der Waals surface area contributed by atoms with Crippen LogP contribution in [0.2, 0.25) is 0 Å². The first-order valence-corrected chi connectivity index (χ1v) is 10.5. The summed E-state index contributed by atoms with van der Waals surface area (Å²) in [6.45, 7) is 4.21. The Balaban J connectivity index is 1.46. The number of guanidine groups is 1. The van der Waals surface area contributed by atoms with E-state index in [-0.39, 0.29) is 18.5 Å². The number of carbonyl (C=O) groups excluding carboxylic acids is 2. The molecule has 2 atom stereocenters. The number of methoxy groups -OCH3 is 1. The quantitative estimate of drug-likeness (QED) is 0.744. The van der Waals surface area contributed by atoms with Gasteiger partial charge in [-0.15, -0.1) is 0 Å². The molecule has 0 N–H and O–H groups in total. The van der Waals surface area contributed by atoms with Gasteiger partial charge in [-0.3, -0.25) is 14.6 Å². The van der Waals surface area contributed by atoms with Gasteiger partial charge in [0.05, 0.1) is 13.7 Å². The van der Waals surface area contributed by atoms with Gasteiger partial charge in [0.25, 0.3) is 5.91 Å². The van der Waals surface area contributed by atoms with Crippen LogP contribution in [0.5, 0.6) is 5.75 Å². The van der Waals surface area contributed by atoms with Gasteiger partial charge < -0.3 is 14.5 Å². The highest BCUT2D eigenvalue weighted by molar-refractivity contribution is 6.09. The maximum atomic E-state index is 13.5. The van der Waals surface area contributed by atoms with Crippen molar-refractivity contribution in [2.24, 2.45) is 4.99 Å². The fraction of sp³-hybridized carbons (Fsp3) is 0.292. The van der Waals surface area contributed by atoms with E-state index >= 15 is 0 Å². The second kappa shape index (κ2) is 7.40. The SMILES string of the molecule is COc1ccc(N2C(C)=CN3C2=NC2C3C(=O)N(Cc3cccc(C)c3)C(=O)N2C)cc1. The molecule has 8 heteroatoms. The molecule has 2 unspecified atom stereocenters. The number of hydrogen-bond donors (Lipinski definition) is 0. The lowest BCUT2D eigenvalue weighted by Crippen LogP contribution is -2.63. The van der Waals surface area contributed by atoms with Crippen molar-refractivity contribution in [3.63, 3.8) is 0 Å². The molecule has 3 amide bonds. The lowest BCUT2D eigenvalue weighted by molar-refractivity contribution is -0.137. The number of likely N-dealkylation sites (N-methyl/N-ethyl adjacent to an activating group) is 1. The van der Waals surface area contributed by atoms with E-state index in [2.05, 4.69) is 0 Å². The molecule has 0 aliphatic carbocycles. The Kier molecular flexibility index (Phi) is 4.65. The van der Waals surface area contributed by atoms with Crippen molar-refractivity contribution in [2.75, 3.05) is 19.1 Å². The highest BCUT2D eigenvalue weighted by Crippen LogP contribution is 2.37. The number of nitrogens with zero attached hydrogens (tertiary/aromatic N) is 5. The van der Waals surface area contributed by atoms with Gasteiger partial charge in [-0.1, -0.05) is 29.8 Å². The van der Waals surface area contributed by atoms with E-state index in [1.807, 2.05) is 78.4 Å². The minimum absolute atomic E-state index is 0.237. The van der Waals surface area contributed by atoms with Gasteiger partial charge in [0.1, 0.15) is 5.75 Å². The number of aryl methyl sites for hydroxylation is 1. The fourth-order valence-electron chi connectivity index (χ4n) is 4.54. The molecule has 5 rings (SSSR count). The number of fused-ring (bicyclic) bond motifs is 3. The van der Waals surface area contributed by atoms with Crippen molar-refractivity contribution in [3.8, 4) is 5.75 Å². The molecule has 0 radical (unpaired) electrons. The number of amides is 3. The van der Waals surface area contributed by atoms with Crippen molar-refractivity contribution >= 4 is 23.6 Å². The molecule has 0 aromatic heterocycles. The number of benzene rings is 2. The van der Waals surface area contributed by atoms with Crippen molar-refractivity contribution in [1.29, 1.82) is 0 Å². The first-order valence-electron chi connectivity index (χ1n) is 10.5. The normalized spacial score (nSPS) is 22.1. The van der Waals surface area contributed by atoms with E-state index in [0.717, 1.165) is 28.3 Å². The van der Waals surface area contributed by atoms with Gasteiger partial charge >= 0.3 is 6.03 Å². The van der Waals surface area contributed by atoms with Crippen LogP contribution >= 0.6 is 0 Å². The Morgan fingerprint density at radius 3 is 2.50 bits per heavy atom. The Labute approximate surface area is 187 Å². The second-order valence-electron chi connectivity index (χ2n) is 8.31. The Hall–Kier alpha value is -3.81. The predicted molar refractivity (Wildman–Crippen MR) is 121 cm³/mol. The summed E-state index contributed by atoms with van der Waals surface area (Å²) in [6, 6.07) is 14.6. The highest BCUT2D eigenvalue weighted by atomic mass is 16.5. The maximum absolute atomic E-state index is 13.5. The largest absolute Gasteiger partial charge is 0.497 e. The van der Waals surface area contributed by atoms with Gasteiger partial charge in [-0.2, -0.15) is 0 Å². The molecule has 8 nitrogen and oxygen atoms in total. The summed E-state index contributed by atoms with van der Waals surface area (Å²) >= 11 is 0. The van der Waals surface area contributed by atoms with Gasteiger partial charge in [0.15, 0.2) is 12.2 Å². The summed E-state index contributed by atoms with van der Waals surface area (Å²) in [5, 5.41) is 0. The number of allylic oxidation sites excluding steroid dienone is 1. The van der Waals surface area contributed by atoms with E-state index in [1.165, 1.54) is 4.90 Å². The lowest BCUT2D eigenvalue weighted by atomic mass is 10.1. The summed E-state index contributed by atoms with van der Waals surface area (Å²) in [5.74, 6) is 1.17. The molecule has 1 saturated heterocycles. The maximum Gasteiger partial charge on any atom is 0.328 e. The minimum atomic E-state index is -0.587. The zero-order valence-corrected chi connectivity index (χ0v) is 18.5. The smallest absolute Gasteiger partial charge is 0.328 e. The summed E-state index contributed by atoms with van der Waals surface area (Å²) in [5.41, 5.74) is 3.87. The third kappa shape index (κ3) is 3.02. The van der Waals surface area contributed by atoms with Gasteiger partial charge in [-0.25, -0.2) is 9.79 Å². The summed E-state index contributed by atoms with van der Waals surface area (Å²) in [6.07, 6.45) is 1.36. The third-order valence-corrected chi connectivity index (χ3v) is 6.14.